The zero-order valence-corrected chi connectivity index (χ0v) is 8.16. The average Bonchev–Trinajstić information content (AvgIpc) is 2.55. The summed E-state index contributed by atoms with van der Waals surface area (Å²) in [5, 5.41) is 0. The molecule has 0 saturated carbocycles. The van der Waals surface area contributed by atoms with Gasteiger partial charge in [-0.3, -0.25) is 0 Å². The smallest absolute Gasteiger partial charge is 0.0640 e. The first-order valence-corrected chi connectivity index (χ1v) is 4.94. The monoisotopic (exact) mass is 176 g/mol. The van der Waals surface area contributed by atoms with Gasteiger partial charge in [0.15, 0.2) is 0 Å². The highest BCUT2D eigenvalue weighted by Crippen LogP contribution is 2.35. The van der Waals surface area contributed by atoms with Crippen LogP contribution >= 0.6 is 11.6 Å². The molecule has 1 nitrogen and oxygen atoms in total. The number of ether oxygens (including phenoxy) is 1. The Morgan fingerprint density at radius 3 is 2.73 bits per heavy atom. The van der Waals surface area contributed by atoms with Crippen LogP contribution in [0.3, 0.4) is 0 Å². The van der Waals surface area contributed by atoms with E-state index in [0.717, 1.165) is 13.0 Å². The highest BCUT2D eigenvalue weighted by atomic mass is 35.5. The normalized spacial score (nSPS) is 30.3. The van der Waals surface area contributed by atoms with E-state index >= 15 is 0 Å². The van der Waals surface area contributed by atoms with Gasteiger partial charge in [0.1, 0.15) is 0 Å². The molecule has 1 aliphatic heterocycles. The Labute approximate surface area is 74.1 Å². The van der Waals surface area contributed by atoms with Crippen LogP contribution in [0.1, 0.15) is 33.1 Å². The minimum Gasteiger partial charge on any atom is -0.378 e. The second-order valence-corrected chi connectivity index (χ2v) is 3.91. The van der Waals surface area contributed by atoms with E-state index in [9.17, 15) is 0 Å². The molecule has 0 amide bonds. The highest BCUT2D eigenvalue weighted by Gasteiger charge is 2.34. The van der Waals surface area contributed by atoms with E-state index in [1.807, 2.05) is 0 Å². The standard InChI is InChI=1S/C9H17ClO/c1-3-9(2,7-10)8-5-4-6-11-8/h8H,3-7H2,1-2H3. The first kappa shape index (κ1) is 9.34. The van der Waals surface area contributed by atoms with Gasteiger partial charge in [0.2, 0.25) is 0 Å². The summed E-state index contributed by atoms with van der Waals surface area (Å²) in [5.41, 5.74) is 0.206. The van der Waals surface area contributed by atoms with Crippen molar-refractivity contribution in [3.63, 3.8) is 0 Å². The molecule has 1 rings (SSSR count). The quantitative estimate of drug-likeness (QED) is 0.601. The lowest BCUT2D eigenvalue weighted by Gasteiger charge is -2.31. The maximum absolute atomic E-state index is 5.91. The molecule has 11 heavy (non-hydrogen) atoms. The lowest BCUT2D eigenvalue weighted by atomic mass is 9.82. The Bertz CT molecular complexity index is 115. The van der Waals surface area contributed by atoms with Gasteiger partial charge in [0, 0.05) is 17.9 Å². The van der Waals surface area contributed by atoms with Gasteiger partial charge >= 0.3 is 0 Å². The maximum atomic E-state index is 5.91. The summed E-state index contributed by atoms with van der Waals surface area (Å²) in [6.07, 6.45) is 3.92. The molecule has 0 aromatic rings. The third-order valence-electron chi connectivity index (χ3n) is 2.82. The van der Waals surface area contributed by atoms with Crippen molar-refractivity contribution in [2.24, 2.45) is 5.41 Å². The molecule has 0 radical (unpaired) electrons. The molecule has 66 valence electrons. The van der Waals surface area contributed by atoms with Gasteiger partial charge in [-0.15, -0.1) is 11.6 Å². The Kier molecular flexibility index (Phi) is 3.20. The maximum Gasteiger partial charge on any atom is 0.0640 e. The molecular weight excluding hydrogens is 160 g/mol. The second-order valence-electron chi connectivity index (χ2n) is 3.64. The van der Waals surface area contributed by atoms with Crippen LogP contribution in [0.4, 0.5) is 0 Å². The number of alkyl halides is 1. The lowest BCUT2D eigenvalue weighted by Crippen LogP contribution is -2.32. The fraction of sp³-hybridized carbons (Fsp3) is 1.00. The van der Waals surface area contributed by atoms with E-state index in [-0.39, 0.29) is 5.41 Å². The fourth-order valence-electron chi connectivity index (χ4n) is 1.54. The van der Waals surface area contributed by atoms with Crippen LogP contribution in [-0.4, -0.2) is 18.6 Å². The van der Waals surface area contributed by atoms with E-state index in [0.29, 0.717) is 12.0 Å². The van der Waals surface area contributed by atoms with Crippen LogP contribution in [0.15, 0.2) is 0 Å². The van der Waals surface area contributed by atoms with Gasteiger partial charge in [-0.1, -0.05) is 13.8 Å². The molecule has 0 N–H and O–H groups in total. The Hall–Kier alpha value is 0.250. The summed E-state index contributed by atoms with van der Waals surface area (Å²) in [7, 11) is 0. The van der Waals surface area contributed by atoms with Gasteiger partial charge in [-0.2, -0.15) is 0 Å². The average molecular weight is 177 g/mol. The van der Waals surface area contributed by atoms with Crippen molar-refractivity contribution in [2.45, 2.75) is 39.2 Å². The Morgan fingerprint density at radius 1 is 1.64 bits per heavy atom. The van der Waals surface area contributed by atoms with Crippen molar-refractivity contribution in [3.8, 4) is 0 Å². The van der Waals surface area contributed by atoms with Gasteiger partial charge in [-0.25, -0.2) is 0 Å². The van der Waals surface area contributed by atoms with Crippen LogP contribution in [0.5, 0.6) is 0 Å². The zero-order valence-electron chi connectivity index (χ0n) is 7.40. The fourth-order valence-corrected chi connectivity index (χ4v) is 1.90. The molecule has 0 aromatic carbocycles. The van der Waals surface area contributed by atoms with Crippen LogP contribution in [-0.2, 0) is 4.74 Å². The lowest BCUT2D eigenvalue weighted by molar-refractivity contribution is 0.0190. The van der Waals surface area contributed by atoms with Crippen LogP contribution in [0.2, 0.25) is 0 Å². The summed E-state index contributed by atoms with van der Waals surface area (Å²) in [6, 6.07) is 0. The summed E-state index contributed by atoms with van der Waals surface area (Å²) in [4.78, 5) is 0. The van der Waals surface area contributed by atoms with Crippen LogP contribution < -0.4 is 0 Å². The van der Waals surface area contributed by atoms with E-state index in [2.05, 4.69) is 13.8 Å². The largest absolute Gasteiger partial charge is 0.378 e. The molecule has 1 fully saturated rings. The van der Waals surface area contributed by atoms with Crippen molar-refractivity contribution in [2.75, 3.05) is 12.5 Å². The van der Waals surface area contributed by atoms with Crippen molar-refractivity contribution in [1.82, 2.24) is 0 Å². The van der Waals surface area contributed by atoms with E-state index in [1.54, 1.807) is 0 Å². The molecule has 0 aromatic heterocycles. The van der Waals surface area contributed by atoms with Crippen molar-refractivity contribution < 1.29 is 4.74 Å². The van der Waals surface area contributed by atoms with Gasteiger partial charge < -0.3 is 4.74 Å². The highest BCUT2D eigenvalue weighted by molar-refractivity contribution is 6.18. The first-order valence-electron chi connectivity index (χ1n) is 4.40. The summed E-state index contributed by atoms with van der Waals surface area (Å²) in [6.45, 7) is 5.33. The van der Waals surface area contributed by atoms with Crippen molar-refractivity contribution >= 4 is 11.6 Å². The molecule has 2 unspecified atom stereocenters. The summed E-state index contributed by atoms with van der Waals surface area (Å²) < 4.78 is 5.62. The summed E-state index contributed by atoms with van der Waals surface area (Å²) in [5.74, 6) is 0.716. The molecular formula is C9H17ClO. The van der Waals surface area contributed by atoms with Gasteiger partial charge in [0.05, 0.1) is 6.10 Å². The zero-order chi connectivity index (χ0) is 8.32. The molecule has 0 aliphatic carbocycles. The van der Waals surface area contributed by atoms with Crippen molar-refractivity contribution in [1.29, 1.82) is 0 Å². The third kappa shape index (κ3) is 1.88. The van der Waals surface area contributed by atoms with Gasteiger partial charge in [-0.05, 0) is 19.3 Å². The van der Waals surface area contributed by atoms with E-state index < -0.39 is 0 Å². The number of halogens is 1. The number of rotatable bonds is 3. The van der Waals surface area contributed by atoms with E-state index in [1.165, 1.54) is 12.8 Å². The molecule has 0 bridgehead atoms. The SMILES string of the molecule is CCC(C)(CCl)C1CCCO1. The van der Waals surface area contributed by atoms with Crippen molar-refractivity contribution in [3.05, 3.63) is 0 Å². The molecule has 1 heterocycles. The Morgan fingerprint density at radius 2 is 2.36 bits per heavy atom. The predicted molar refractivity (Wildman–Crippen MR) is 48.1 cm³/mol. The van der Waals surface area contributed by atoms with E-state index in [4.69, 9.17) is 16.3 Å². The minimum atomic E-state index is 0.206. The molecule has 2 heteroatoms. The second kappa shape index (κ2) is 3.77. The number of hydrogen-bond donors (Lipinski definition) is 0. The third-order valence-corrected chi connectivity index (χ3v) is 3.43. The Balaban J connectivity index is 2.52. The number of hydrogen-bond acceptors (Lipinski definition) is 1. The van der Waals surface area contributed by atoms with Gasteiger partial charge in [0.25, 0.3) is 0 Å². The molecule has 0 spiro atoms. The molecule has 2 atom stereocenters. The first-order chi connectivity index (χ1) is 5.23. The predicted octanol–water partition coefficient (Wildman–Crippen LogP) is 2.82. The van der Waals surface area contributed by atoms with Crippen LogP contribution in [0, 0.1) is 5.41 Å². The summed E-state index contributed by atoms with van der Waals surface area (Å²) >= 11 is 5.91. The van der Waals surface area contributed by atoms with Crippen LogP contribution in [0.25, 0.3) is 0 Å². The molecule has 1 saturated heterocycles. The molecule has 1 aliphatic rings. The minimum absolute atomic E-state index is 0.206. The topological polar surface area (TPSA) is 9.23 Å².